The summed E-state index contributed by atoms with van der Waals surface area (Å²) in [7, 11) is 5.90. The lowest BCUT2D eigenvalue weighted by Gasteiger charge is -2.32. The second kappa shape index (κ2) is 8.13. The fourth-order valence-electron chi connectivity index (χ4n) is 3.26. The minimum atomic E-state index is 0.618. The van der Waals surface area contributed by atoms with Gasteiger partial charge in [-0.2, -0.15) is 0 Å². The molecule has 3 heterocycles. The van der Waals surface area contributed by atoms with Gasteiger partial charge in [0.25, 0.3) is 0 Å². The monoisotopic (exact) mass is 352 g/mol. The number of guanidine groups is 1. The molecule has 0 radical (unpaired) electrons. The maximum absolute atomic E-state index is 5.46. The second-order valence-corrected chi connectivity index (χ2v) is 7.29. The quantitative estimate of drug-likeness (QED) is 0.636. The van der Waals surface area contributed by atoms with Gasteiger partial charge in [-0.05, 0) is 6.42 Å². The van der Waals surface area contributed by atoms with Crippen molar-refractivity contribution in [1.29, 1.82) is 0 Å². The van der Waals surface area contributed by atoms with Gasteiger partial charge < -0.3 is 19.9 Å². The zero-order valence-corrected chi connectivity index (χ0v) is 15.7. The van der Waals surface area contributed by atoms with E-state index < -0.39 is 0 Å². The molecule has 2 aliphatic rings. The summed E-state index contributed by atoms with van der Waals surface area (Å²) in [5.74, 6) is 0.977. The largest absolute Gasteiger partial charge is 0.379 e. The van der Waals surface area contributed by atoms with Gasteiger partial charge in [0.05, 0.1) is 25.5 Å². The maximum atomic E-state index is 5.46. The van der Waals surface area contributed by atoms with Crippen LogP contribution in [0.2, 0.25) is 0 Å². The smallest absolute Gasteiger partial charge is 0.194 e. The first-order chi connectivity index (χ1) is 11.7. The lowest BCUT2D eigenvalue weighted by molar-refractivity contribution is 0.0195. The average molecular weight is 353 g/mol. The zero-order chi connectivity index (χ0) is 16.9. The fraction of sp³-hybridized carbons (Fsp3) is 0.750. The SMILES string of the molecule is CN=C(NCc1csc(N(C)C)n1)N1CCC(N2CCOCC2)C1. The standard InChI is InChI=1S/C16H28N6OS/c1-17-15(18-10-13-12-24-16(19-13)20(2)3)22-5-4-14(11-22)21-6-8-23-9-7-21/h12,14H,4-11H2,1-3H3,(H,17,18). The highest BCUT2D eigenvalue weighted by Gasteiger charge is 2.30. The molecule has 1 unspecified atom stereocenters. The lowest BCUT2D eigenvalue weighted by Crippen LogP contribution is -2.46. The summed E-state index contributed by atoms with van der Waals surface area (Å²) in [6.45, 7) is 6.65. The third-order valence-corrected chi connectivity index (χ3v) is 5.64. The Labute approximate surface area is 148 Å². The number of hydrogen-bond donors (Lipinski definition) is 1. The van der Waals surface area contributed by atoms with Crippen LogP contribution < -0.4 is 10.2 Å². The van der Waals surface area contributed by atoms with E-state index in [1.54, 1.807) is 11.3 Å². The van der Waals surface area contributed by atoms with E-state index in [4.69, 9.17) is 4.74 Å². The molecule has 2 fully saturated rings. The van der Waals surface area contributed by atoms with Crippen molar-refractivity contribution in [1.82, 2.24) is 20.1 Å². The van der Waals surface area contributed by atoms with Crippen LogP contribution in [0, 0.1) is 0 Å². The molecular weight excluding hydrogens is 324 g/mol. The molecule has 0 amide bonds. The van der Waals surface area contributed by atoms with Crippen molar-refractivity contribution in [2.45, 2.75) is 19.0 Å². The van der Waals surface area contributed by atoms with E-state index in [-0.39, 0.29) is 0 Å². The number of aromatic nitrogens is 1. The molecule has 0 aliphatic carbocycles. The molecule has 1 N–H and O–H groups in total. The third kappa shape index (κ3) is 4.17. The number of nitrogens with one attached hydrogen (secondary N) is 1. The molecule has 0 spiro atoms. The van der Waals surface area contributed by atoms with Crippen LogP contribution >= 0.6 is 11.3 Å². The Morgan fingerprint density at radius 2 is 2.21 bits per heavy atom. The fourth-order valence-corrected chi connectivity index (χ4v) is 4.02. The third-order valence-electron chi connectivity index (χ3n) is 4.59. The Kier molecular flexibility index (Phi) is 5.91. The van der Waals surface area contributed by atoms with Gasteiger partial charge in [-0.25, -0.2) is 4.98 Å². The highest BCUT2D eigenvalue weighted by atomic mass is 32.1. The van der Waals surface area contributed by atoms with Crippen molar-refractivity contribution in [3.8, 4) is 0 Å². The summed E-state index contributed by atoms with van der Waals surface area (Å²) in [5, 5.41) is 6.61. The number of aliphatic imine (C=N–C) groups is 1. The number of rotatable bonds is 4. The molecule has 134 valence electrons. The molecule has 1 atom stereocenters. The van der Waals surface area contributed by atoms with Gasteiger partial charge in [0.2, 0.25) is 0 Å². The number of nitrogens with zero attached hydrogens (tertiary/aromatic N) is 5. The Morgan fingerprint density at radius 3 is 2.88 bits per heavy atom. The molecule has 3 rings (SSSR count). The Hall–Kier alpha value is -1.38. The van der Waals surface area contributed by atoms with E-state index in [1.165, 1.54) is 6.42 Å². The summed E-state index contributed by atoms with van der Waals surface area (Å²) < 4.78 is 5.46. The summed E-state index contributed by atoms with van der Waals surface area (Å²) in [6.07, 6.45) is 1.20. The summed E-state index contributed by atoms with van der Waals surface area (Å²) in [6, 6.07) is 0.618. The minimum absolute atomic E-state index is 0.618. The van der Waals surface area contributed by atoms with Gasteiger partial charge >= 0.3 is 0 Å². The molecule has 7 nitrogen and oxygen atoms in total. The van der Waals surface area contributed by atoms with Crippen LogP contribution in [0.15, 0.2) is 10.4 Å². The van der Waals surface area contributed by atoms with E-state index in [0.29, 0.717) is 6.04 Å². The number of morpholine rings is 1. The molecule has 1 aromatic rings. The van der Waals surface area contributed by atoms with Gasteiger partial charge in [-0.3, -0.25) is 9.89 Å². The highest BCUT2D eigenvalue weighted by molar-refractivity contribution is 7.13. The lowest BCUT2D eigenvalue weighted by atomic mass is 10.2. The zero-order valence-electron chi connectivity index (χ0n) is 14.9. The van der Waals surface area contributed by atoms with Crippen molar-refractivity contribution in [2.24, 2.45) is 4.99 Å². The predicted octanol–water partition coefficient (Wildman–Crippen LogP) is 0.691. The first-order valence-electron chi connectivity index (χ1n) is 8.56. The molecule has 24 heavy (non-hydrogen) atoms. The number of anilines is 1. The Morgan fingerprint density at radius 1 is 1.42 bits per heavy atom. The van der Waals surface area contributed by atoms with E-state index in [0.717, 1.165) is 62.7 Å². The number of thiazole rings is 1. The van der Waals surface area contributed by atoms with E-state index >= 15 is 0 Å². The molecule has 8 heteroatoms. The summed E-state index contributed by atoms with van der Waals surface area (Å²) in [5.41, 5.74) is 1.06. The second-order valence-electron chi connectivity index (χ2n) is 6.45. The average Bonchev–Trinajstić information content (AvgIpc) is 3.26. The first kappa shape index (κ1) is 17.4. The van der Waals surface area contributed by atoms with Crippen LogP contribution in [0.3, 0.4) is 0 Å². The van der Waals surface area contributed by atoms with Crippen LogP contribution in [0.4, 0.5) is 5.13 Å². The van der Waals surface area contributed by atoms with Crippen molar-refractivity contribution >= 4 is 22.4 Å². The van der Waals surface area contributed by atoms with E-state index in [1.807, 2.05) is 26.0 Å². The van der Waals surface area contributed by atoms with Gasteiger partial charge in [0, 0.05) is 58.7 Å². The Balaban J connectivity index is 1.51. The molecule has 2 saturated heterocycles. The molecule has 0 aromatic carbocycles. The first-order valence-corrected chi connectivity index (χ1v) is 9.44. The summed E-state index contributed by atoms with van der Waals surface area (Å²) in [4.78, 5) is 16.0. The number of ether oxygens (including phenoxy) is 1. The van der Waals surface area contributed by atoms with Crippen molar-refractivity contribution in [2.75, 3.05) is 65.4 Å². The van der Waals surface area contributed by atoms with Gasteiger partial charge in [-0.1, -0.05) is 0 Å². The highest BCUT2D eigenvalue weighted by Crippen LogP contribution is 2.19. The van der Waals surface area contributed by atoms with Crippen molar-refractivity contribution < 1.29 is 4.74 Å². The van der Waals surface area contributed by atoms with E-state index in [9.17, 15) is 0 Å². The molecule has 1 aromatic heterocycles. The van der Waals surface area contributed by atoms with Crippen LogP contribution in [0.25, 0.3) is 0 Å². The summed E-state index contributed by atoms with van der Waals surface area (Å²) >= 11 is 1.67. The van der Waals surface area contributed by atoms with Gasteiger partial charge in [0.1, 0.15) is 0 Å². The van der Waals surface area contributed by atoms with Crippen LogP contribution in [0.5, 0.6) is 0 Å². The van der Waals surface area contributed by atoms with Crippen LogP contribution in [0.1, 0.15) is 12.1 Å². The number of hydrogen-bond acceptors (Lipinski definition) is 6. The molecular formula is C16H28N6OS. The Bertz CT molecular complexity index is 555. The maximum Gasteiger partial charge on any atom is 0.194 e. The van der Waals surface area contributed by atoms with Crippen LogP contribution in [-0.4, -0.2) is 87.3 Å². The van der Waals surface area contributed by atoms with E-state index in [2.05, 4.69) is 30.5 Å². The van der Waals surface area contributed by atoms with Gasteiger partial charge in [-0.15, -0.1) is 11.3 Å². The predicted molar refractivity (Wildman–Crippen MR) is 99.0 cm³/mol. The molecule has 2 aliphatic heterocycles. The molecule has 0 saturated carbocycles. The molecule has 0 bridgehead atoms. The van der Waals surface area contributed by atoms with Crippen molar-refractivity contribution in [3.63, 3.8) is 0 Å². The van der Waals surface area contributed by atoms with Gasteiger partial charge in [0.15, 0.2) is 11.1 Å². The minimum Gasteiger partial charge on any atom is -0.379 e. The van der Waals surface area contributed by atoms with Crippen LogP contribution in [-0.2, 0) is 11.3 Å². The number of likely N-dealkylation sites (tertiary alicyclic amines) is 1. The topological polar surface area (TPSA) is 56.2 Å². The normalized spacial score (nSPS) is 22.9. The van der Waals surface area contributed by atoms with Crippen molar-refractivity contribution in [3.05, 3.63) is 11.1 Å².